The summed E-state index contributed by atoms with van der Waals surface area (Å²) in [4.78, 5) is 37.3. The molecule has 11 nitrogen and oxygen atoms in total. The number of nitrogens with two attached hydrogens (primary N) is 1. The molecule has 4 aromatic heterocycles. The van der Waals surface area contributed by atoms with E-state index in [2.05, 4.69) is 25.4 Å². The Kier molecular flexibility index (Phi) is 6.22. The zero-order chi connectivity index (χ0) is 23.4. The van der Waals surface area contributed by atoms with Crippen LogP contribution in [0.1, 0.15) is 16.2 Å². The Bertz CT molecular complexity index is 1340. The molecule has 0 saturated carbocycles. The summed E-state index contributed by atoms with van der Waals surface area (Å²) in [6, 6.07) is 6.76. The predicted molar refractivity (Wildman–Crippen MR) is 121 cm³/mol. The number of carbonyl (C=O) groups excluding carboxylic acids is 1. The molecule has 168 valence electrons. The molecule has 0 aliphatic rings. The topological polar surface area (TPSA) is 143 Å². The molecular weight excluding hydrogens is 424 g/mol. The molecule has 0 aliphatic carbocycles. The second-order valence-electron chi connectivity index (χ2n) is 7.18. The predicted octanol–water partition coefficient (Wildman–Crippen LogP) is 1.75. The lowest BCUT2D eigenvalue weighted by atomic mass is 10.2. The van der Waals surface area contributed by atoms with Gasteiger partial charge in [-0.1, -0.05) is 0 Å². The average molecular weight is 446 g/mol. The number of aromatic nitrogens is 6. The van der Waals surface area contributed by atoms with E-state index in [1.165, 1.54) is 17.0 Å². The maximum absolute atomic E-state index is 12.4. The van der Waals surface area contributed by atoms with Crippen molar-refractivity contribution in [1.82, 2.24) is 29.3 Å². The van der Waals surface area contributed by atoms with Gasteiger partial charge in [0.25, 0.3) is 11.5 Å². The molecule has 0 aromatic carbocycles. The monoisotopic (exact) mass is 446 g/mol. The van der Waals surface area contributed by atoms with Crippen LogP contribution in [0.4, 0.5) is 5.82 Å². The van der Waals surface area contributed by atoms with Crippen LogP contribution in [0.15, 0.2) is 60.0 Å². The highest BCUT2D eigenvalue weighted by molar-refractivity contribution is 6.03. The van der Waals surface area contributed by atoms with E-state index in [-0.39, 0.29) is 11.4 Å². The van der Waals surface area contributed by atoms with Gasteiger partial charge in [0.1, 0.15) is 28.7 Å². The third kappa shape index (κ3) is 4.93. The van der Waals surface area contributed by atoms with Gasteiger partial charge in [0, 0.05) is 43.8 Å². The third-order valence-electron chi connectivity index (χ3n) is 4.88. The van der Waals surface area contributed by atoms with Crippen molar-refractivity contribution in [2.75, 3.05) is 11.9 Å². The lowest BCUT2D eigenvalue weighted by Gasteiger charge is -2.09. The van der Waals surface area contributed by atoms with Gasteiger partial charge in [-0.15, -0.1) is 0 Å². The molecule has 4 aromatic rings. The van der Waals surface area contributed by atoms with E-state index in [1.807, 2.05) is 6.20 Å². The van der Waals surface area contributed by atoms with Gasteiger partial charge < -0.3 is 15.8 Å². The highest BCUT2D eigenvalue weighted by Gasteiger charge is 2.14. The second-order valence-corrected chi connectivity index (χ2v) is 7.18. The Morgan fingerprint density at radius 2 is 1.97 bits per heavy atom. The normalized spacial score (nSPS) is 10.8. The van der Waals surface area contributed by atoms with Gasteiger partial charge in [-0.3, -0.25) is 23.8 Å². The van der Waals surface area contributed by atoms with Gasteiger partial charge in [-0.25, -0.2) is 9.97 Å². The Hall–Kier alpha value is -4.38. The summed E-state index contributed by atoms with van der Waals surface area (Å²) in [5, 5.41) is 6.85. The number of nitrogens with one attached hydrogen (secondary N) is 1. The second kappa shape index (κ2) is 9.40. The van der Waals surface area contributed by atoms with Crippen LogP contribution < -0.4 is 21.3 Å². The van der Waals surface area contributed by atoms with Gasteiger partial charge in [0.2, 0.25) is 0 Å². The maximum atomic E-state index is 12.4. The minimum Gasteiger partial charge on any atom is -0.456 e. The molecule has 0 aliphatic heterocycles. The fourth-order valence-electron chi connectivity index (χ4n) is 3.00. The number of nitrogens with zero attached hydrogens (tertiary/aromatic N) is 6. The van der Waals surface area contributed by atoms with Crippen LogP contribution in [0, 0.1) is 6.92 Å². The van der Waals surface area contributed by atoms with E-state index in [0.29, 0.717) is 36.1 Å². The third-order valence-corrected chi connectivity index (χ3v) is 4.88. The molecule has 4 rings (SSSR count). The number of pyridine rings is 2. The van der Waals surface area contributed by atoms with E-state index >= 15 is 0 Å². The van der Waals surface area contributed by atoms with Gasteiger partial charge in [0.15, 0.2) is 0 Å². The molecular formula is C22H22N8O3. The van der Waals surface area contributed by atoms with Gasteiger partial charge >= 0.3 is 0 Å². The van der Waals surface area contributed by atoms with Crippen LogP contribution in [0.2, 0.25) is 0 Å². The van der Waals surface area contributed by atoms with E-state index in [1.54, 1.807) is 55.3 Å². The fraction of sp³-hybridized carbons (Fsp3) is 0.182. The molecule has 0 spiro atoms. The van der Waals surface area contributed by atoms with Crippen molar-refractivity contribution in [3.05, 3.63) is 77.0 Å². The average Bonchev–Trinajstić information content (AvgIpc) is 3.28. The quantitative estimate of drug-likeness (QED) is 0.437. The van der Waals surface area contributed by atoms with Crippen molar-refractivity contribution < 1.29 is 9.53 Å². The molecule has 0 radical (unpaired) electrons. The molecule has 11 heteroatoms. The largest absolute Gasteiger partial charge is 0.456 e. The number of aryl methyl sites for hydroxylation is 1. The Labute approximate surface area is 188 Å². The lowest BCUT2D eigenvalue weighted by molar-refractivity contribution is 0.102. The number of anilines is 1. The highest BCUT2D eigenvalue weighted by Crippen LogP contribution is 2.25. The van der Waals surface area contributed by atoms with Crippen molar-refractivity contribution in [1.29, 1.82) is 0 Å². The first-order chi connectivity index (χ1) is 15.9. The van der Waals surface area contributed by atoms with Crippen LogP contribution in [0.5, 0.6) is 11.5 Å². The number of carbonyl (C=O) groups is 1. The maximum Gasteiger partial charge on any atom is 0.266 e. The molecule has 4 heterocycles. The number of ether oxygens (including phenoxy) is 1. The zero-order valence-electron chi connectivity index (χ0n) is 18.1. The smallest absolute Gasteiger partial charge is 0.266 e. The molecule has 0 atom stereocenters. The summed E-state index contributed by atoms with van der Waals surface area (Å²) in [6.07, 6.45) is 7.96. The summed E-state index contributed by atoms with van der Waals surface area (Å²) >= 11 is 0. The van der Waals surface area contributed by atoms with Crippen LogP contribution >= 0.6 is 0 Å². The summed E-state index contributed by atoms with van der Waals surface area (Å²) in [5.74, 6) is 1.24. The minimum absolute atomic E-state index is 0.0654. The molecule has 0 bridgehead atoms. The zero-order valence-corrected chi connectivity index (χ0v) is 18.1. The first kappa shape index (κ1) is 21.8. The molecule has 0 unspecified atom stereocenters. The van der Waals surface area contributed by atoms with Gasteiger partial charge in [-0.05, 0) is 25.1 Å². The number of rotatable bonds is 7. The van der Waals surface area contributed by atoms with Crippen molar-refractivity contribution in [2.24, 2.45) is 12.8 Å². The molecule has 33 heavy (non-hydrogen) atoms. The van der Waals surface area contributed by atoms with Crippen molar-refractivity contribution in [3.63, 3.8) is 0 Å². The molecule has 1 amide bonds. The fourth-order valence-corrected chi connectivity index (χ4v) is 3.00. The standard InChI is InChI=1S/C22H22N8O3/c1-14-25-12-18(22(32)29(14)2)21(31)28-20-4-3-17(11-26-20)33-16-5-7-24-19(9-16)15-10-27-30(13-15)8-6-23/h3-5,7,9-13H,6,8,23H2,1-2H3,(H,26,28,31). The molecule has 0 saturated heterocycles. The molecule has 3 N–H and O–H groups in total. The van der Waals surface area contributed by atoms with Crippen molar-refractivity contribution in [3.8, 4) is 22.8 Å². The van der Waals surface area contributed by atoms with Crippen molar-refractivity contribution in [2.45, 2.75) is 13.5 Å². The summed E-state index contributed by atoms with van der Waals surface area (Å²) in [5.41, 5.74) is 6.62. The van der Waals surface area contributed by atoms with Crippen molar-refractivity contribution >= 4 is 11.7 Å². The van der Waals surface area contributed by atoms with Crippen LogP contribution in [-0.4, -0.2) is 41.8 Å². The van der Waals surface area contributed by atoms with E-state index < -0.39 is 11.5 Å². The van der Waals surface area contributed by atoms with Crippen LogP contribution in [-0.2, 0) is 13.6 Å². The minimum atomic E-state index is -0.585. The SMILES string of the molecule is Cc1ncc(C(=O)Nc2ccc(Oc3ccnc(-c4cnn(CCN)c4)c3)cn2)c(=O)n1C. The number of amides is 1. The number of hydrogen-bond donors (Lipinski definition) is 2. The van der Waals surface area contributed by atoms with Crippen LogP contribution in [0.25, 0.3) is 11.3 Å². The van der Waals surface area contributed by atoms with E-state index in [0.717, 1.165) is 5.56 Å². The van der Waals surface area contributed by atoms with Gasteiger partial charge in [0.05, 0.1) is 24.6 Å². The van der Waals surface area contributed by atoms with E-state index in [4.69, 9.17) is 10.5 Å². The van der Waals surface area contributed by atoms with Crippen LogP contribution in [0.3, 0.4) is 0 Å². The summed E-state index contributed by atoms with van der Waals surface area (Å²) in [6.45, 7) is 2.81. The summed E-state index contributed by atoms with van der Waals surface area (Å²) < 4.78 is 8.93. The lowest BCUT2D eigenvalue weighted by Crippen LogP contribution is -2.29. The first-order valence-corrected chi connectivity index (χ1v) is 10.1. The van der Waals surface area contributed by atoms with Gasteiger partial charge in [-0.2, -0.15) is 5.10 Å². The number of hydrogen-bond acceptors (Lipinski definition) is 8. The Morgan fingerprint density at radius 3 is 2.73 bits per heavy atom. The summed E-state index contributed by atoms with van der Waals surface area (Å²) in [7, 11) is 1.56. The molecule has 0 fully saturated rings. The first-order valence-electron chi connectivity index (χ1n) is 10.1. The Morgan fingerprint density at radius 1 is 1.12 bits per heavy atom. The van der Waals surface area contributed by atoms with E-state index in [9.17, 15) is 9.59 Å². The Balaban J connectivity index is 1.44. The highest BCUT2D eigenvalue weighted by atomic mass is 16.5.